The number of benzene rings is 1. The van der Waals surface area contributed by atoms with E-state index in [2.05, 4.69) is 27.9 Å². The highest BCUT2D eigenvalue weighted by molar-refractivity contribution is 14.1. The zero-order valence-electron chi connectivity index (χ0n) is 8.13. The predicted octanol–water partition coefficient (Wildman–Crippen LogP) is 2.06. The third-order valence-corrected chi connectivity index (χ3v) is 3.00. The van der Waals surface area contributed by atoms with E-state index in [9.17, 15) is 4.79 Å². The molecule has 1 rings (SSSR count). The second-order valence-electron chi connectivity index (χ2n) is 3.18. The van der Waals surface area contributed by atoms with Crippen molar-refractivity contribution in [3.05, 3.63) is 32.4 Å². The Morgan fingerprint density at radius 1 is 1.67 bits per heavy atom. The predicted molar refractivity (Wildman–Crippen MR) is 68.2 cm³/mol. The molecule has 0 radical (unpaired) electrons. The minimum Gasteiger partial charge on any atom is -0.394 e. The van der Waals surface area contributed by atoms with Crippen LogP contribution in [-0.2, 0) is 0 Å². The summed E-state index contributed by atoms with van der Waals surface area (Å²) in [5, 5.41) is 12.0. The Labute approximate surface area is 107 Å². The number of amides is 1. The van der Waals surface area contributed by atoms with E-state index in [0.717, 1.165) is 3.57 Å². The SMILES string of the molecule is C[C@H](CO)NC(=O)c1cc(Cl)ccc1I. The van der Waals surface area contributed by atoms with E-state index in [1.54, 1.807) is 25.1 Å². The lowest BCUT2D eigenvalue weighted by atomic mass is 10.2. The Morgan fingerprint density at radius 3 is 2.93 bits per heavy atom. The van der Waals surface area contributed by atoms with Gasteiger partial charge in [-0.1, -0.05) is 11.6 Å². The molecule has 0 aliphatic heterocycles. The summed E-state index contributed by atoms with van der Waals surface area (Å²) in [6, 6.07) is 4.87. The van der Waals surface area contributed by atoms with Crippen LogP contribution in [0, 0.1) is 3.57 Å². The molecule has 15 heavy (non-hydrogen) atoms. The lowest BCUT2D eigenvalue weighted by Crippen LogP contribution is -2.35. The van der Waals surface area contributed by atoms with Crippen LogP contribution in [0.15, 0.2) is 18.2 Å². The van der Waals surface area contributed by atoms with Gasteiger partial charge in [0.15, 0.2) is 0 Å². The third kappa shape index (κ3) is 3.62. The molecule has 2 N–H and O–H groups in total. The van der Waals surface area contributed by atoms with Crippen molar-refractivity contribution < 1.29 is 9.90 Å². The summed E-state index contributed by atoms with van der Waals surface area (Å²) in [5.41, 5.74) is 0.531. The van der Waals surface area contributed by atoms with Gasteiger partial charge in [0.1, 0.15) is 0 Å². The number of carbonyl (C=O) groups excluding carboxylic acids is 1. The van der Waals surface area contributed by atoms with Gasteiger partial charge >= 0.3 is 0 Å². The average Bonchev–Trinajstić information content (AvgIpc) is 2.21. The van der Waals surface area contributed by atoms with Crippen LogP contribution in [0.2, 0.25) is 5.02 Å². The lowest BCUT2D eigenvalue weighted by Gasteiger charge is -2.11. The standard InChI is InChI=1S/C10H11ClINO2/c1-6(5-14)13-10(15)8-4-7(11)2-3-9(8)12/h2-4,6,14H,5H2,1H3,(H,13,15)/t6-/m1/s1. The van der Waals surface area contributed by atoms with Gasteiger partial charge < -0.3 is 10.4 Å². The van der Waals surface area contributed by atoms with Crippen molar-refractivity contribution >= 4 is 40.1 Å². The first-order chi connectivity index (χ1) is 7.04. The largest absolute Gasteiger partial charge is 0.394 e. The van der Waals surface area contributed by atoms with Crippen molar-refractivity contribution in [2.45, 2.75) is 13.0 Å². The number of halogens is 2. The van der Waals surface area contributed by atoms with Crippen LogP contribution in [0.3, 0.4) is 0 Å². The van der Waals surface area contributed by atoms with Crippen LogP contribution in [-0.4, -0.2) is 23.7 Å². The Bertz CT molecular complexity index is 370. The van der Waals surface area contributed by atoms with Gasteiger partial charge in [0, 0.05) is 14.6 Å². The molecule has 1 atom stereocenters. The first kappa shape index (κ1) is 12.7. The van der Waals surface area contributed by atoms with Crippen LogP contribution >= 0.6 is 34.2 Å². The van der Waals surface area contributed by atoms with Crippen LogP contribution in [0.25, 0.3) is 0 Å². The maximum Gasteiger partial charge on any atom is 0.252 e. The van der Waals surface area contributed by atoms with Crippen molar-refractivity contribution in [2.75, 3.05) is 6.61 Å². The minimum absolute atomic E-state index is 0.0805. The molecule has 0 saturated heterocycles. The molecule has 5 heteroatoms. The summed E-state index contributed by atoms with van der Waals surface area (Å²) >= 11 is 7.87. The van der Waals surface area contributed by atoms with Crippen LogP contribution in [0.5, 0.6) is 0 Å². The van der Waals surface area contributed by atoms with Gasteiger partial charge in [-0.2, -0.15) is 0 Å². The Kier molecular flexibility index (Phi) is 4.82. The molecular formula is C10H11ClINO2. The molecule has 0 aliphatic carbocycles. The molecule has 0 aliphatic rings. The highest BCUT2D eigenvalue weighted by Crippen LogP contribution is 2.17. The van der Waals surface area contributed by atoms with Gasteiger partial charge in [-0.15, -0.1) is 0 Å². The first-order valence-corrected chi connectivity index (χ1v) is 5.87. The highest BCUT2D eigenvalue weighted by Gasteiger charge is 2.12. The fourth-order valence-electron chi connectivity index (χ4n) is 1.02. The summed E-state index contributed by atoms with van der Waals surface area (Å²) in [5.74, 6) is -0.219. The Balaban J connectivity index is 2.86. The summed E-state index contributed by atoms with van der Waals surface area (Å²) in [7, 11) is 0. The van der Waals surface area contributed by atoms with Crippen molar-refractivity contribution in [3.8, 4) is 0 Å². The number of aliphatic hydroxyl groups is 1. The van der Waals surface area contributed by atoms with Crippen LogP contribution in [0.4, 0.5) is 0 Å². The van der Waals surface area contributed by atoms with Crippen molar-refractivity contribution in [1.82, 2.24) is 5.32 Å². The molecule has 0 saturated carbocycles. The molecule has 1 aromatic carbocycles. The van der Waals surface area contributed by atoms with Gasteiger partial charge in [-0.3, -0.25) is 4.79 Å². The quantitative estimate of drug-likeness (QED) is 0.828. The van der Waals surface area contributed by atoms with Gasteiger partial charge in [0.05, 0.1) is 12.2 Å². The second-order valence-corrected chi connectivity index (χ2v) is 4.78. The van der Waals surface area contributed by atoms with E-state index in [-0.39, 0.29) is 18.6 Å². The Hall–Kier alpha value is -0.330. The van der Waals surface area contributed by atoms with E-state index in [1.807, 2.05) is 0 Å². The number of rotatable bonds is 3. The van der Waals surface area contributed by atoms with E-state index >= 15 is 0 Å². The molecule has 3 nitrogen and oxygen atoms in total. The van der Waals surface area contributed by atoms with Crippen molar-refractivity contribution in [1.29, 1.82) is 0 Å². The van der Waals surface area contributed by atoms with E-state index in [0.29, 0.717) is 10.6 Å². The summed E-state index contributed by atoms with van der Waals surface area (Å²) in [6.07, 6.45) is 0. The molecule has 0 fully saturated rings. The molecule has 0 bridgehead atoms. The zero-order chi connectivity index (χ0) is 11.4. The average molecular weight is 340 g/mol. The van der Waals surface area contributed by atoms with Crippen LogP contribution < -0.4 is 5.32 Å². The summed E-state index contributed by atoms with van der Waals surface area (Å²) in [6.45, 7) is 1.65. The second kappa shape index (κ2) is 5.67. The number of aliphatic hydroxyl groups excluding tert-OH is 1. The smallest absolute Gasteiger partial charge is 0.252 e. The molecule has 0 aromatic heterocycles. The lowest BCUT2D eigenvalue weighted by molar-refractivity contribution is 0.0921. The normalized spacial score (nSPS) is 12.3. The number of hydrogen-bond acceptors (Lipinski definition) is 2. The van der Waals surface area contributed by atoms with Crippen LogP contribution in [0.1, 0.15) is 17.3 Å². The maximum absolute atomic E-state index is 11.7. The van der Waals surface area contributed by atoms with Gasteiger partial charge in [0.2, 0.25) is 0 Å². The van der Waals surface area contributed by atoms with Crippen molar-refractivity contribution in [3.63, 3.8) is 0 Å². The van der Waals surface area contributed by atoms with Gasteiger partial charge in [0.25, 0.3) is 5.91 Å². The first-order valence-electron chi connectivity index (χ1n) is 4.41. The molecule has 0 spiro atoms. The number of carbonyl (C=O) groups is 1. The monoisotopic (exact) mass is 339 g/mol. The fraction of sp³-hybridized carbons (Fsp3) is 0.300. The number of hydrogen-bond donors (Lipinski definition) is 2. The Morgan fingerprint density at radius 2 is 2.33 bits per heavy atom. The fourth-order valence-corrected chi connectivity index (χ4v) is 1.77. The maximum atomic E-state index is 11.7. The molecule has 0 unspecified atom stereocenters. The number of nitrogens with one attached hydrogen (secondary N) is 1. The van der Waals surface area contributed by atoms with E-state index in [1.165, 1.54) is 0 Å². The summed E-state index contributed by atoms with van der Waals surface area (Å²) in [4.78, 5) is 11.7. The minimum atomic E-state index is -0.257. The van der Waals surface area contributed by atoms with Crippen molar-refractivity contribution in [2.24, 2.45) is 0 Å². The third-order valence-electron chi connectivity index (χ3n) is 1.82. The molecule has 82 valence electrons. The summed E-state index contributed by atoms with van der Waals surface area (Å²) < 4.78 is 0.833. The van der Waals surface area contributed by atoms with Gasteiger partial charge in [-0.25, -0.2) is 0 Å². The zero-order valence-corrected chi connectivity index (χ0v) is 11.0. The van der Waals surface area contributed by atoms with E-state index in [4.69, 9.17) is 16.7 Å². The molecule has 1 aromatic rings. The molecular weight excluding hydrogens is 328 g/mol. The van der Waals surface area contributed by atoms with Gasteiger partial charge in [-0.05, 0) is 47.7 Å². The van der Waals surface area contributed by atoms with E-state index < -0.39 is 0 Å². The highest BCUT2D eigenvalue weighted by atomic mass is 127. The molecule has 1 amide bonds. The molecule has 0 heterocycles. The topological polar surface area (TPSA) is 49.3 Å².